The summed E-state index contributed by atoms with van der Waals surface area (Å²) in [5.41, 5.74) is 0.0912. The summed E-state index contributed by atoms with van der Waals surface area (Å²) < 4.78 is 4.65. The zero-order chi connectivity index (χ0) is 12.1. The highest BCUT2D eigenvalue weighted by Gasteiger charge is 2.16. The van der Waals surface area contributed by atoms with Crippen molar-refractivity contribution in [1.29, 1.82) is 0 Å². The Balaban J connectivity index is 3.17. The maximum absolute atomic E-state index is 11.5. The SMILES string of the molecule is COCC(=O)c1ccc(O)c(CC=O)c1O. The molecule has 0 aliphatic carbocycles. The van der Waals surface area contributed by atoms with Crippen molar-refractivity contribution >= 4 is 12.1 Å². The van der Waals surface area contributed by atoms with Crippen molar-refractivity contribution in [3.05, 3.63) is 23.3 Å². The van der Waals surface area contributed by atoms with Crippen molar-refractivity contribution in [2.75, 3.05) is 13.7 Å². The number of aromatic hydroxyl groups is 2. The highest BCUT2D eigenvalue weighted by atomic mass is 16.5. The van der Waals surface area contributed by atoms with Crippen LogP contribution < -0.4 is 0 Å². The molecule has 0 bridgehead atoms. The first kappa shape index (κ1) is 12.2. The fourth-order valence-corrected chi connectivity index (χ4v) is 1.34. The summed E-state index contributed by atoms with van der Waals surface area (Å²) in [5, 5.41) is 19.1. The van der Waals surface area contributed by atoms with Crippen molar-refractivity contribution < 1.29 is 24.5 Å². The van der Waals surface area contributed by atoms with Crippen LogP contribution in [-0.4, -0.2) is 36.0 Å². The quantitative estimate of drug-likeness (QED) is 0.567. The number of ether oxygens (including phenoxy) is 1. The molecular formula is C11H12O5. The normalized spacial score (nSPS) is 10.1. The maximum Gasteiger partial charge on any atom is 0.192 e. The molecule has 86 valence electrons. The number of methoxy groups -OCH3 is 1. The first-order valence-corrected chi connectivity index (χ1v) is 4.61. The van der Waals surface area contributed by atoms with Crippen LogP contribution >= 0.6 is 0 Å². The van der Waals surface area contributed by atoms with Gasteiger partial charge in [-0.2, -0.15) is 0 Å². The second-order valence-corrected chi connectivity index (χ2v) is 3.19. The van der Waals surface area contributed by atoms with E-state index in [2.05, 4.69) is 4.74 Å². The van der Waals surface area contributed by atoms with Crippen LogP contribution in [0, 0.1) is 0 Å². The van der Waals surface area contributed by atoms with Crippen molar-refractivity contribution in [2.24, 2.45) is 0 Å². The summed E-state index contributed by atoms with van der Waals surface area (Å²) in [6.07, 6.45) is 0.394. The van der Waals surface area contributed by atoms with Gasteiger partial charge in [0, 0.05) is 19.1 Å². The Hall–Kier alpha value is -1.88. The molecule has 0 heterocycles. The molecule has 5 nitrogen and oxygen atoms in total. The fourth-order valence-electron chi connectivity index (χ4n) is 1.34. The number of benzene rings is 1. The van der Waals surface area contributed by atoms with Gasteiger partial charge in [0.05, 0.1) is 5.56 Å². The minimum atomic E-state index is -0.410. The van der Waals surface area contributed by atoms with Crippen LogP contribution in [0.1, 0.15) is 15.9 Å². The van der Waals surface area contributed by atoms with Gasteiger partial charge in [-0.25, -0.2) is 0 Å². The van der Waals surface area contributed by atoms with Crippen LogP contribution in [0.5, 0.6) is 11.5 Å². The monoisotopic (exact) mass is 224 g/mol. The molecule has 0 spiro atoms. The number of hydrogen-bond donors (Lipinski definition) is 2. The van der Waals surface area contributed by atoms with Gasteiger partial charge in [0.1, 0.15) is 24.4 Å². The number of phenolic OH excluding ortho intramolecular Hbond substituents is 2. The maximum atomic E-state index is 11.5. The van der Waals surface area contributed by atoms with Gasteiger partial charge in [0.15, 0.2) is 5.78 Å². The van der Waals surface area contributed by atoms with Gasteiger partial charge in [-0.15, -0.1) is 0 Å². The van der Waals surface area contributed by atoms with Crippen LogP contribution in [0.2, 0.25) is 0 Å². The highest BCUT2D eigenvalue weighted by molar-refractivity contribution is 6.00. The number of Topliss-reactive ketones (excluding diaryl/α,β-unsaturated/α-hetero) is 1. The average Bonchev–Trinajstić information content (AvgIpc) is 2.24. The summed E-state index contributed by atoms with van der Waals surface area (Å²) >= 11 is 0. The van der Waals surface area contributed by atoms with E-state index in [1.54, 1.807) is 0 Å². The van der Waals surface area contributed by atoms with Crippen LogP contribution in [0.3, 0.4) is 0 Å². The Bertz CT molecular complexity index is 411. The van der Waals surface area contributed by atoms with Gasteiger partial charge in [0.2, 0.25) is 0 Å². The molecule has 0 amide bonds. The highest BCUT2D eigenvalue weighted by Crippen LogP contribution is 2.30. The van der Waals surface area contributed by atoms with E-state index in [-0.39, 0.29) is 35.7 Å². The Labute approximate surface area is 92.3 Å². The number of phenols is 2. The lowest BCUT2D eigenvalue weighted by Crippen LogP contribution is -2.08. The zero-order valence-electron chi connectivity index (χ0n) is 8.77. The summed E-state index contributed by atoms with van der Waals surface area (Å²) in [4.78, 5) is 21.8. The Kier molecular flexibility index (Phi) is 4.02. The molecule has 1 rings (SSSR count). The molecule has 1 aromatic rings. The van der Waals surface area contributed by atoms with Crippen LogP contribution in [0.25, 0.3) is 0 Å². The molecule has 16 heavy (non-hydrogen) atoms. The van der Waals surface area contributed by atoms with Gasteiger partial charge < -0.3 is 19.7 Å². The standard InChI is InChI=1S/C11H12O5/c1-16-6-10(14)7-2-3-9(13)8(4-5-12)11(7)15/h2-3,5,13,15H,4,6H2,1H3. The molecule has 0 saturated heterocycles. The van der Waals surface area contributed by atoms with Gasteiger partial charge in [-0.3, -0.25) is 4.79 Å². The van der Waals surface area contributed by atoms with E-state index in [9.17, 15) is 19.8 Å². The number of carbonyl (C=O) groups excluding carboxylic acids is 2. The third-order valence-electron chi connectivity index (χ3n) is 2.12. The fraction of sp³-hybridized carbons (Fsp3) is 0.273. The number of carbonyl (C=O) groups is 2. The molecule has 0 radical (unpaired) electrons. The minimum Gasteiger partial charge on any atom is -0.508 e. The second-order valence-electron chi connectivity index (χ2n) is 3.19. The van der Waals surface area contributed by atoms with Gasteiger partial charge >= 0.3 is 0 Å². The van der Waals surface area contributed by atoms with Gasteiger partial charge in [-0.1, -0.05) is 0 Å². The van der Waals surface area contributed by atoms with E-state index in [1.165, 1.54) is 19.2 Å². The molecule has 0 aliphatic heterocycles. The van der Waals surface area contributed by atoms with Crippen molar-refractivity contribution in [1.82, 2.24) is 0 Å². The first-order valence-electron chi connectivity index (χ1n) is 4.61. The summed E-state index contributed by atoms with van der Waals surface area (Å²) in [6, 6.07) is 2.56. The predicted molar refractivity (Wildman–Crippen MR) is 55.7 cm³/mol. The van der Waals surface area contributed by atoms with Crippen LogP contribution in [-0.2, 0) is 16.0 Å². The van der Waals surface area contributed by atoms with E-state index in [4.69, 9.17) is 0 Å². The van der Waals surface area contributed by atoms with Crippen molar-refractivity contribution in [2.45, 2.75) is 6.42 Å². The molecule has 0 aromatic heterocycles. The average molecular weight is 224 g/mol. The largest absolute Gasteiger partial charge is 0.508 e. The zero-order valence-corrected chi connectivity index (χ0v) is 8.77. The van der Waals surface area contributed by atoms with Crippen LogP contribution in [0.4, 0.5) is 0 Å². The molecule has 0 unspecified atom stereocenters. The summed E-state index contributed by atoms with van der Waals surface area (Å²) in [6.45, 7) is -0.168. The first-order chi connectivity index (χ1) is 7.61. The predicted octanol–water partition coefficient (Wildman–Crippen LogP) is 0.668. The number of rotatable bonds is 5. The molecule has 0 saturated carbocycles. The van der Waals surface area contributed by atoms with Gasteiger partial charge in [0.25, 0.3) is 0 Å². The van der Waals surface area contributed by atoms with E-state index in [0.717, 1.165) is 0 Å². The lowest BCUT2D eigenvalue weighted by atomic mass is 10.0. The van der Waals surface area contributed by atoms with E-state index in [1.807, 2.05) is 0 Å². The molecule has 2 N–H and O–H groups in total. The molecule has 0 atom stereocenters. The van der Waals surface area contributed by atoms with E-state index in [0.29, 0.717) is 6.29 Å². The molecule has 0 fully saturated rings. The number of hydrogen-bond acceptors (Lipinski definition) is 5. The third kappa shape index (κ3) is 2.38. The summed E-state index contributed by atoms with van der Waals surface area (Å²) in [5.74, 6) is -0.986. The smallest absolute Gasteiger partial charge is 0.192 e. The molecule has 5 heteroatoms. The Morgan fingerprint density at radius 2 is 2.12 bits per heavy atom. The Morgan fingerprint density at radius 1 is 1.44 bits per heavy atom. The second kappa shape index (κ2) is 5.27. The number of aldehydes is 1. The molecule has 0 aliphatic rings. The Morgan fingerprint density at radius 3 is 2.69 bits per heavy atom. The third-order valence-corrected chi connectivity index (χ3v) is 2.12. The van der Waals surface area contributed by atoms with Gasteiger partial charge in [-0.05, 0) is 12.1 Å². The lowest BCUT2D eigenvalue weighted by Gasteiger charge is -2.08. The topological polar surface area (TPSA) is 83.8 Å². The molecule has 1 aromatic carbocycles. The number of ketones is 1. The van der Waals surface area contributed by atoms with Crippen molar-refractivity contribution in [3.63, 3.8) is 0 Å². The van der Waals surface area contributed by atoms with Crippen LogP contribution in [0.15, 0.2) is 12.1 Å². The minimum absolute atomic E-state index is 0.0384. The lowest BCUT2D eigenvalue weighted by molar-refractivity contribution is -0.107. The van der Waals surface area contributed by atoms with E-state index < -0.39 is 5.78 Å². The molecular weight excluding hydrogens is 212 g/mol. The summed E-state index contributed by atoms with van der Waals surface area (Å²) in [7, 11) is 1.36. The van der Waals surface area contributed by atoms with E-state index >= 15 is 0 Å². The van der Waals surface area contributed by atoms with Crippen molar-refractivity contribution in [3.8, 4) is 11.5 Å².